The SMILES string of the molecule is COc1ccc(C(=O)Cn2c(C)cc(=O)cc2C)cc1O.COc1ccc(C(=O)Cn2c(C)cc(=O)cc2C)cc1OC1CCCCC1. The number of phenolic OH excluding ortho intramolecular Hbond substituents is 1. The van der Waals surface area contributed by atoms with Gasteiger partial charge in [-0.05, 0) is 89.8 Å². The Hall–Kier alpha value is -5.12. The van der Waals surface area contributed by atoms with Crippen molar-refractivity contribution >= 4 is 11.6 Å². The number of benzene rings is 2. The van der Waals surface area contributed by atoms with E-state index in [1.807, 2.05) is 18.4 Å². The molecule has 254 valence electrons. The van der Waals surface area contributed by atoms with E-state index in [4.69, 9.17) is 14.2 Å². The van der Waals surface area contributed by atoms with Gasteiger partial charge in [0.1, 0.15) is 0 Å². The maximum absolute atomic E-state index is 12.9. The lowest BCUT2D eigenvalue weighted by Crippen LogP contribution is -2.21. The summed E-state index contributed by atoms with van der Waals surface area (Å²) in [7, 11) is 3.06. The fourth-order valence-corrected chi connectivity index (χ4v) is 5.91. The number of ether oxygens (including phenoxy) is 3. The van der Waals surface area contributed by atoms with Crippen LogP contribution >= 0.6 is 0 Å². The number of Topliss-reactive ketones (excluding diaryl/α,β-unsaturated/α-hetero) is 2. The Labute approximate surface area is 280 Å². The predicted octanol–water partition coefficient (Wildman–Crippen LogP) is 6.13. The molecule has 48 heavy (non-hydrogen) atoms. The van der Waals surface area contributed by atoms with E-state index in [1.165, 1.54) is 44.6 Å². The molecule has 2 heterocycles. The van der Waals surface area contributed by atoms with Gasteiger partial charge >= 0.3 is 0 Å². The summed E-state index contributed by atoms with van der Waals surface area (Å²) in [6, 6.07) is 16.0. The molecular formula is C38H44N2O8. The Kier molecular flexibility index (Phi) is 12.0. The van der Waals surface area contributed by atoms with E-state index in [0.29, 0.717) is 28.4 Å². The fraction of sp³-hybridized carbons (Fsp3) is 0.368. The molecule has 0 bridgehead atoms. The maximum atomic E-state index is 12.9. The highest BCUT2D eigenvalue weighted by atomic mass is 16.5. The highest BCUT2D eigenvalue weighted by molar-refractivity contribution is 5.97. The molecule has 1 aliphatic rings. The maximum Gasteiger partial charge on any atom is 0.182 e. The number of ketones is 2. The molecule has 0 aliphatic heterocycles. The minimum atomic E-state index is -0.150. The molecule has 0 atom stereocenters. The standard InChI is InChI=1S/C22H27NO4.C16H17NO4/c1-15-11-18(24)12-16(2)23(15)14-20(25)17-9-10-21(26-3)22(13-17)27-19-7-5-4-6-8-19;1-10-6-13(18)7-11(2)17(10)9-15(20)12-4-5-16(21-3)14(19)8-12/h9-13,19H,4-8,14H2,1-3H3;4-8,19H,9H2,1-3H3. The molecule has 1 aliphatic carbocycles. The zero-order valence-electron chi connectivity index (χ0n) is 28.5. The molecule has 1 N–H and O–H groups in total. The predicted molar refractivity (Wildman–Crippen MR) is 184 cm³/mol. The van der Waals surface area contributed by atoms with Gasteiger partial charge in [-0.25, -0.2) is 0 Å². The number of aromatic nitrogens is 2. The van der Waals surface area contributed by atoms with Crippen LogP contribution in [0.4, 0.5) is 0 Å². The van der Waals surface area contributed by atoms with E-state index in [2.05, 4.69) is 0 Å². The van der Waals surface area contributed by atoms with Crippen LogP contribution in [0.15, 0.2) is 70.3 Å². The van der Waals surface area contributed by atoms with E-state index in [1.54, 1.807) is 68.0 Å². The van der Waals surface area contributed by atoms with E-state index in [-0.39, 0.29) is 47.4 Å². The highest BCUT2D eigenvalue weighted by Crippen LogP contribution is 2.32. The average molecular weight is 657 g/mol. The van der Waals surface area contributed by atoms with Crippen LogP contribution < -0.4 is 25.1 Å². The minimum Gasteiger partial charge on any atom is -0.504 e. The van der Waals surface area contributed by atoms with Crippen molar-refractivity contribution in [2.45, 2.75) is 79.0 Å². The Bertz CT molecular complexity index is 1850. The Balaban J connectivity index is 0.000000224. The number of aryl methyl sites for hydroxylation is 4. The van der Waals surface area contributed by atoms with Crippen LogP contribution in [-0.4, -0.2) is 46.1 Å². The lowest BCUT2D eigenvalue weighted by molar-refractivity contribution is 0.0961. The topological polar surface area (TPSA) is 126 Å². The van der Waals surface area contributed by atoms with Gasteiger partial charge in [0.2, 0.25) is 0 Å². The zero-order chi connectivity index (χ0) is 35.0. The number of aromatic hydroxyl groups is 1. The van der Waals surface area contributed by atoms with Crippen LogP contribution in [0.1, 0.15) is 75.6 Å². The van der Waals surface area contributed by atoms with Crippen molar-refractivity contribution in [3.8, 4) is 23.0 Å². The van der Waals surface area contributed by atoms with Crippen LogP contribution in [-0.2, 0) is 13.1 Å². The van der Waals surface area contributed by atoms with E-state index in [0.717, 1.165) is 35.6 Å². The van der Waals surface area contributed by atoms with Gasteiger partial charge in [0.15, 0.2) is 45.4 Å². The molecule has 1 saturated carbocycles. The second-order valence-electron chi connectivity index (χ2n) is 12.1. The third-order valence-electron chi connectivity index (χ3n) is 8.54. The van der Waals surface area contributed by atoms with Crippen molar-refractivity contribution in [2.24, 2.45) is 0 Å². The van der Waals surface area contributed by atoms with Gasteiger partial charge in [-0.1, -0.05) is 6.42 Å². The summed E-state index contributed by atoms with van der Waals surface area (Å²) >= 11 is 0. The largest absolute Gasteiger partial charge is 0.504 e. The fourth-order valence-electron chi connectivity index (χ4n) is 5.91. The third-order valence-corrected chi connectivity index (χ3v) is 8.54. The second kappa shape index (κ2) is 16.1. The van der Waals surface area contributed by atoms with Crippen LogP contribution in [0, 0.1) is 27.7 Å². The monoisotopic (exact) mass is 656 g/mol. The summed E-state index contributed by atoms with van der Waals surface area (Å²) in [6.07, 6.45) is 5.87. The molecule has 10 heteroatoms. The number of pyridine rings is 2. The number of rotatable bonds is 10. The van der Waals surface area contributed by atoms with Gasteiger partial charge in [-0.2, -0.15) is 0 Å². The molecule has 0 radical (unpaired) electrons. The number of phenols is 1. The van der Waals surface area contributed by atoms with Crippen molar-refractivity contribution in [3.05, 3.63) is 115 Å². The van der Waals surface area contributed by atoms with Gasteiger partial charge in [-0.15, -0.1) is 0 Å². The summed E-state index contributed by atoms with van der Waals surface area (Å²) in [6.45, 7) is 7.55. The lowest BCUT2D eigenvalue weighted by Gasteiger charge is -2.24. The normalized spacial score (nSPS) is 12.9. The van der Waals surface area contributed by atoms with E-state index in [9.17, 15) is 24.3 Å². The molecular weight excluding hydrogens is 612 g/mol. The number of carbonyl (C=O) groups is 2. The molecule has 2 aromatic heterocycles. The average Bonchev–Trinajstić information content (AvgIpc) is 3.05. The molecule has 5 rings (SSSR count). The van der Waals surface area contributed by atoms with Gasteiger partial charge in [0.25, 0.3) is 0 Å². The minimum absolute atomic E-state index is 0.0269. The molecule has 4 aromatic rings. The molecule has 0 amide bonds. The Morgan fingerprint density at radius 2 is 1.08 bits per heavy atom. The number of methoxy groups -OCH3 is 2. The second-order valence-corrected chi connectivity index (χ2v) is 12.1. The first-order chi connectivity index (χ1) is 22.9. The molecule has 10 nitrogen and oxygen atoms in total. The number of hydrogen-bond acceptors (Lipinski definition) is 8. The van der Waals surface area contributed by atoms with E-state index < -0.39 is 0 Å². The van der Waals surface area contributed by atoms with Crippen LogP contribution in [0.25, 0.3) is 0 Å². The number of nitrogens with zero attached hydrogens (tertiary/aromatic N) is 2. The molecule has 0 unspecified atom stereocenters. The zero-order valence-corrected chi connectivity index (χ0v) is 28.5. The van der Waals surface area contributed by atoms with Gasteiger partial charge in [0.05, 0.1) is 33.4 Å². The summed E-state index contributed by atoms with van der Waals surface area (Å²) < 4.78 is 20.1. The summed E-state index contributed by atoms with van der Waals surface area (Å²) in [5.74, 6) is 1.35. The van der Waals surface area contributed by atoms with Gasteiger partial charge < -0.3 is 28.5 Å². The van der Waals surface area contributed by atoms with Gasteiger partial charge in [0, 0.05) is 58.2 Å². The molecule has 0 saturated heterocycles. The van der Waals surface area contributed by atoms with Crippen molar-refractivity contribution in [1.29, 1.82) is 0 Å². The molecule has 0 spiro atoms. The van der Waals surface area contributed by atoms with Crippen molar-refractivity contribution < 1.29 is 28.9 Å². The Morgan fingerprint density at radius 1 is 0.646 bits per heavy atom. The summed E-state index contributed by atoms with van der Waals surface area (Å²) in [4.78, 5) is 48.1. The lowest BCUT2D eigenvalue weighted by atomic mass is 9.98. The molecule has 1 fully saturated rings. The summed E-state index contributed by atoms with van der Waals surface area (Å²) in [5, 5.41) is 9.73. The van der Waals surface area contributed by atoms with E-state index >= 15 is 0 Å². The van der Waals surface area contributed by atoms with Crippen molar-refractivity contribution in [2.75, 3.05) is 14.2 Å². The first-order valence-corrected chi connectivity index (χ1v) is 16.0. The summed E-state index contributed by atoms with van der Waals surface area (Å²) in [5.41, 5.74) is 3.88. The first-order valence-electron chi connectivity index (χ1n) is 16.0. The first kappa shape index (κ1) is 35.7. The van der Waals surface area contributed by atoms with Crippen molar-refractivity contribution in [3.63, 3.8) is 0 Å². The van der Waals surface area contributed by atoms with Crippen LogP contribution in [0.5, 0.6) is 23.0 Å². The number of hydrogen-bond donors (Lipinski definition) is 1. The van der Waals surface area contributed by atoms with Crippen molar-refractivity contribution in [1.82, 2.24) is 9.13 Å². The highest BCUT2D eigenvalue weighted by Gasteiger charge is 2.19. The third kappa shape index (κ3) is 9.02. The van der Waals surface area contributed by atoms with Crippen LogP contribution in [0.2, 0.25) is 0 Å². The quantitative estimate of drug-likeness (QED) is 0.202. The van der Waals surface area contributed by atoms with Crippen LogP contribution in [0.3, 0.4) is 0 Å². The molecule has 2 aromatic carbocycles. The smallest absolute Gasteiger partial charge is 0.182 e. The Morgan fingerprint density at radius 3 is 1.52 bits per heavy atom. The number of carbonyl (C=O) groups excluding carboxylic acids is 2. The van der Waals surface area contributed by atoms with Gasteiger partial charge in [-0.3, -0.25) is 19.2 Å².